The number of hydrogen-bond donors (Lipinski definition) is 0. The molecule has 0 N–H and O–H groups in total. The molecule has 0 heterocycles. The molecule has 0 bridgehead atoms. The highest BCUT2D eigenvalue weighted by Crippen LogP contribution is 2.77. The second-order valence-electron chi connectivity index (χ2n) is 15.1. The van der Waals surface area contributed by atoms with E-state index in [-0.39, 0.29) is 45.6 Å². The highest BCUT2D eigenvalue weighted by molar-refractivity contribution is 5.77. The smallest absolute Gasteiger partial charge is 0.307 e. The largest absolute Gasteiger partial charge is 0.462 e. The van der Waals surface area contributed by atoms with Gasteiger partial charge in [-0.2, -0.15) is 4.39 Å². The van der Waals surface area contributed by atoms with Crippen LogP contribution in [0.3, 0.4) is 0 Å². The van der Waals surface area contributed by atoms with E-state index in [0.29, 0.717) is 30.6 Å². The van der Waals surface area contributed by atoms with E-state index < -0.39 is 11.5 Å². The molecule has 5 aliphatic rings. The molecule has 0 aliphatic heterocycles. The van der Waals surface area contributed by atoms with E-state index in [0.717, 1.165) is 50.5 Å². The van der Waals surface area contributed by atoms with E-state index in [2.05, 4.69) is 48.1 Å². The summed E-state index contributed by atoms with van der Waals surface area (Å²) in [6, 6.07) is -1.05. The lowest BCUT2D eigenvalue weighted by Crippen LogP contribution is -2.67. The molecule has 5 aliphatic carbocycles. The third-order valence-corrected chi connectivity index (χ3v) is 13.7. The number of allylic oxidation sites excluding steroid dienone is 1. The van der Waals surface area contributed by atoms with E-state index >= 15 is 0 Å². The standard InChI is InChI=1S/C32H49FO3/c1-19(2)21-11-16-32(27(33)35)18-17-30(7)22(26(21)32)9-10-24-29(6)14-13-25(36-20(3)34)28(4,5)23(29)12-15-31(24,30)8/h21-26H,1,9-18H2,2-8H3/t21-,22+,23-,24+,25-,26+,29-,30+,31+,32-/m0/s1. The Morgan fingerprint density at radius 3 is 2.11 bits per heavy atom. The highest BCUT2D eigenvalue weighted by Gasteiger charge is 2.72. The second-order valence-corrected chi connectivity index (χ2v) is 15.1. The van der Waals surface area contributed by atoms with Crippen molar-refractivity contribution in [1.82, 2.24) is 0 Å². The van der Waals surface area contributed by atoms with E-state index in [4.69, 9.17) is 4.74 Å². The van der Waals surface area contributed by atoms with Crippen LogP contribution in [0.2, 0.25) is 0 Å². The molecule has 0 aromatic rings. The molecule has 0 unspecified atom stereocenters. The van der Waals surface area contributed by atoms with Crippen molar-refractivity contribution in [3.63, 3.8) is 0 Å². The molecule has 5 rings (SSSR count). The minimum atomic E-state index is -1.05. The number of hydrogen-bond acceptors (Lipinski definition) is 3. The van der Waals surface area contributed by atoms with Crippen molar-refractivity contribution in [3.05, 3.63) is 12.2 Å². The van der Waals surface area contributed by atoms with Crippen molar-refractivity contribution in [3.8, 4) is 0 Å². The first kappa shape index (κ1) is 26.4. The molecule has 0 radical (unpaired) electrons. The van der Waals surface area contributed by atoms with E-state index in [1.165, 1.54) is 13.3 Å². The van der Waals surface area contributed by atoms with Gasteiger partial charge in [-0.15, -0.1) is 0 Å². The zero-order valence-electron chi connectivity index (χ0n) is 23.8. The minimum absolute atomic E-state index is 0.00923. The summed E-state index contributed by atoms with van der Waals surface area (Å²) >= 11 is 0. The van der Waals surface area contributed by atoms with Crippen LogP contribution in [0, 0.1) is 56.7 Å². The maximum atomic E-state index is 14.9. The van der Waals surface area contributed by atoms with E-state index in [1.807, 2.05) is 0 Å². The number of halogens is 1. The third kappa shape index (κ3) is 3.20. The Labute approximate surface area is 218 Å². The molecule has 5 saturated carbocycles. The fraction of sp³-hybridized carbons (Fsp3) is 0.875. The van der Waals surface area contributed by atoms with Crippen LogP contribution in [0.5, 0.6) is 0 Å². The SMILES string of the molecule is C=C(C)[C@@H]1CC[C@]2(C(=O)F)CC[C@]3(C)[C@H](CC[C@@H]4[C@@]5(C)CC[C@H](OC(C)=O)C(C)(C)[C@@H]5CC[C@]43C)[C@@H]12. The highest BCUT2D eigenvalue weighted by atomic mass is 19.1. The summed E-state index contributed by atoms with van der Waals surface area (Å²) in [5, 5.41) is 0. The van der Waals surface area contributed by atoms with E-state index in [1.54, 1.807) is 0 Å². The van der Waals surface area contributed by atoms with Gasteiger partial charge in [0.1, 0.15) is 6.10 Å². The predicted molar refractivity (Wildman–Crippen MR) is 141 cm³/mol. The van der Waals surface area contributed by atoms with Crippen molar-refractivity contribution in [2.24, 2.45) is 56.7 Å². The van der Waals surface area contributed by atoms with Gasteiger partial charge in [-0.05, 0) is 117 Å². The number of ether oxygens (including phenoxy) is 1. The lowest BCUT2D eigenvalue weighted by molar-refractivity contribution is -0.249. The molecular formula is C32H49FO3. The average Bonchev–Trinajstić information content (AvgIpc) is 3.17. The van der Waals surface area contributed by atoms with Crippen LogP contribution in [0.25, 0.3) is 0 Å². The molecule has 5 fully saturated rings. The van der Waals surface area contributed by atoms with Gasteiger partial charge in [-0.3, -0.25) is 9.59 Å². The molecular weight excluding hydrogens is 451 g/mol. The molecule has 36 heavy (non-hydrogen) atoms. The first-order valence-electron chi connectivity index (χ1n) is 14.7. The summed E-state index contributed by atoms with van der Waals surface area (Å²) in [6.07, 6.45) is 9.87. The lowest BCUT2D eigenvalue weighted by Gasteiger charge is -2.72. The predicted octanol–water partition coefficient (Wildman–Crippen LogP) is 8.07. The first-order chi connectivity index (χ1) is 16.6. The summed E-state index contributed by atoms with van der Waals surface area (Å²) in [5.74, 6) is 1.70. The van der Waals surface area contributed by atoms with Crippen molar-refractivity contribution >= 4 is 12.0 Å². The second kappa shape index (κ2) is 8.15. The number of esters is 1. The molecule has 0 spiro atoms. The normalized spacial score (nSPS) is 51.2. The summed E-state index contributed by atoms with van der Waals surface area (Å²) in [7, 11) is 0. The van der Waals surface area contributed by atoms with Gasteiger partial charge in [0.2, 0.25) is 0 Å². The number of rotatable bonds is 3. The topological polar surface area (TPSA) is 43.4 Å². The molecule has 4 heteroatoms. The summed E-state index contributed by atoms with van der Waals surface area (Å²) in [6.45, 7) is 20.2. The van der Waals surface area contributed by atoms with Crippen LogP contribution in [-0.4, -0.2) is 18.1 Å². The van der Waals surface area contributed by atoms with E-state index in [9.17, 15) is 14.0 Å². The van der Waals surface area contributed by atoms with Gasteiger partial charge in [-0.25, -0.2) is 0 Å². The lowest BCUT2D eigenvalue weighted by atomic mass is 9.32. The van der Waals surface area contributed by atoms with Crippen LogP contribution in [0.1, 0.15) is 113 Å². The molecule has 0 saturated heterocycles. The quantitative estimate of drug-likeness (QED) is 0.223. The zero-order valence-corrected chi connectivity index (χ0v) is 23.8. The van der Waals surface area contributed by atoms with Crippen molar-refractivity contribution < 1.29 is 18.7 Å². The Hall–Kier alpha value is -1.19. The maximum Gasteiger partial charge on any atom is 0.307 e. The van der Waals surface area contributed by atoms with Gasteiger partial charge in [0.05, 0.1) is 5.41 Å². The Kier molecular flexibility index (Phi) is 5.98. The summed E-state index contributed by atoms with van der Waals surface area (Å²) in [5.41, 5.74) is 0.788. The van der Waals surface area contributed by atoms with Crippen LogP contribution >= 0.6 is 0 Å². The van der Waals surface area contributed by atoms with Gasteiger partial charge >= 0.3 is 12.0 Å². The van der Waals surface area contributed by atoms with Gasteiger partial charge in [0.25, 0.3) is 0 Å². The van der Waals surface area contributed by atoms with Crippen LogP contribution < -0.4 is 0 Å². The fourth-order valence-electron chi connectivity index (χ4n) is 11.9. The Morgan fingerprint density at radius 2 is 1.50 bits per heavy atom. The molecule has 3 nitrogen and oxygen atoms in total. The van der Waals surface area contributed by atoms with Crippen molar-refractivity contribution in [2.45, 2.75) is 119 Å². The minimum Gasteiger partial charge on any atom is -0.462 e. The first-order valence-corrected chi connectivity index (χ1v) is 14.7. The number of carbonyl (C=O) groups is 2. The maximum absolute atomic E-state index is 14.9. The molecule has 202 valence electrons. The van der Waals surface area contributed by atoms with Gasteiger partial charge in [0.15, 0.2) is 0 Å². The molecule has 0 aromatic carbocycles. The average molecular weight is 501 g/mol. The third-order valence-electron chi connectivity index (χ3n) is 13.7. The Morgan fingerprint density at radius 1 is 0.806 bits per heavy atom. The van der Waals surface area contributed by atoms with Crippen molar-refractivity contribution in [1.29, 1.82) is 0 Å². The van der Waals surface area contributed by atoms with Gasteiger partial charge in [0, 0.05) is 12.3 Å². The summed E-state index contributed by atoms with van der Waals surface area (Å²) in [4.78, 5) is 24.5. The van der Waals surface area contributed by atoms with Gasteiger partial charge in [-0.1, -0.05) is 46.8 Å². The number of carbonyl (C=O) groups excluding carboxylic acids is 2. The van der Waals surface area contributed by atoms with Crippen molar-refractivity contribution in [2.75, 3.05) is 0 Å². The van der Waals surface area contributed by atoms with Gasteiger partial charge < -0.3 is 4.74 Å². The van der Waals surface area contributed by atoms with Crippen LogP contribution in [-0.2, 0) is 14.3 Å². The Bertz CT molecular complexity index is 970. The molecule has 10 atom stereocenters. The Balaban J connectivity index is 1.52. The molecule has 0 aromatic heterocycles. The fourth-order valence-corrected chi connectivity index (χ4v) is 11.9. The number of fused-ring (bicyclic) bond motifs is 7. The van der Waals surface area contributed by atoms with Crippen LogP contribution in [0.4, 0.5) is 4.39 Å². The molecule has 0 amide bonds. The monoisotopic (exact) mass is 500 g/mol. The van der Waals surface area contributed by atoms with Crippen LogP contribution in [0.15, 0.2) is 12.2 Å². The zero-order chi connectivity index (χ0) is 26.5. The summed E-state index contributed by atoms with van der Waals surface area (Å²) < 4.78 is 20.7.